The van der Waals surface area contributed by atoms with Crippen molar-refractivity contribution in [1.29, 1.82) is 0 Å². The van der Waals surface area contributed by atoms with E-state index in [-0.39, 0.29) is 21.7 Å². The van der Waals surface area contributed by atoms with Crippen LogP contribution in [0.4, 0.5) is 34.1 Å². The molecule has 0 atom stereocenters. The number of nitrogens with zero attached hydrogens (tertiary/aromatic N) is 2. The summed E-state index contributed by atoms with van der Waals surface area (Å²) in [6.45, 7) is 19.1. The zero-order valence-electron chi connectivity index (χ0n) is 49.1. The van der Waals surface area contributed by atoms with Gasteiger partial charge in [0.2, 0.25) is 0 Å². The van der Waals surface area contributed by atoms with Crippen LogP contribution in [0.3, 0.4) is 0 Å². The van der Waals surface area contributed by atoms with Crippen LogP contribution in [-0.4, -0.2) is 0 Å². The molecular weight excluding hydrogens is 1010 g/mol. The molecule has 4 aliphatic rings. The summed E-state index contributed by atoms with van der Waals surface area (Å²) in [4.78, 5) is 5.00. The molecule has 0 N–H and O–H groups in total. The summed E-state index contributed by atoms with van der Waals surface area (Å²) < 4.78 is 0. The predicted molar refractivity (Wildman–Crippen MR) is 356 cm³/mol. The molecule has 0 fully saturated rings. The van der Waals surface area contributed by atoms with Crippen LogP contribution in [-0.2, 0) is 21.7 Å². The molecule has 0 saturated carbocycles. The molecule has 0 bridgehead atoms. The first-order valence-corrected chi connectivity index (χ1v) is 30.0. The average molecular weight is 1080 g/mol. The second kappa shape index (κ2) is 18.0. The molecule has 16 rings (SSSR count). The van der Waals surface area contributed by atoms with Gasteiger partial charge in [0.15, 0.2) is 0 Å². The molecule has 4 aliphatic carbocycles. The fourth-order valence-electron chi connectivity index (χ4n) is 15.5. The lowest BCUT2D eigenvalue weighted by molar-refractivity contribution is 0.659. The van der Waals surface area contributed by atoms with Gasteiger partial charge in [-0.3, -0.25) is 0 Å². The molecule has 0 saturated heterocycles. The molecule has 12 aromatic rings. The number of hydrogen-bond donors (Lipinski definition) is 0. The Balaban J connectivity index is 0.720. The second-order valence-corrected chi connectivity index (χ2v) is 26.1. The van der Waals surface area contributed by atoms with Gasteiger partial charge in [0.1, 0.15) is 0 Å². The summed E-state index contributed by atoms with van der Waals surface area (Å²) in [6.07, 6.45) is 4.63. The Morgan fingerprint density at radius 2 is 0.512 bits per heavy atom. The summed E-state index contributed by atoms with van der Waals surface area (Å²) >= 11 is 0. The number of fused-ring (bicyclic) bond motifs is 14. The second-order valence-electron chi connectivity index (χ2n) is 26.1. The van der Waals surface area contributed by atoms with Crippen LogP contribution in [0, 0.1) is 0 Å². The number of rotatable bonds is 8. The van der Waals surface area contributed by atoms with Crippen LogP contribution < -0.4 is 9.80 Å². The van der Waals surface area contributed by atoms with Crippen molar-refractivity contribution in [2.75, 3.05) is 9.80 Å². The van der Waals surface area contributed by atoms with E-state index in [1.165, 1.54) is 144 Å². The molecule has 2 nitrogen and oxygen atoms in total. The summed E-state index contributed by atoms with van der Waals surface area (Å²) in [5.74, 6) is 0. The summed E-state index contributed by atoms with van der Waals surface area (Å²) in [7, 11) is 0. The van der Waals surface area contributed by atoms with Gasteiger partial charge in [0.05, 0.1) is 11.4 Å². The minimum Gasteiger partial charge on any atom is -0.310 e. The quantitative estimate of drug-likeness (QED) is 0.140. The Bertz CT molecular complexity index is 4490. The van der Waals surface area contributed by atoms with Crippen LogP contribution in [0.5, 0.6) is 0 Å². The lowest BCUT2D eigenvalue weighted by Gasteiger charge is -2.30. The number of hydrogen-bond acceptors (Lipinski definition) is 2. The first-order chi connectivity index (χ1) is 40.7. The highest BCUT2D eigenvalue weighted by Gasteiger charge is 2.41. The molecule has 0 spiro atoms. The normalized spacial score (nSPS) is 15.5. The number of anilines is 6. The third-order valence-electron chi connectivity index (χ3n) is 20.0. The van der Waals surface area contributed by atoms with Crippen molar-refractivity contribution in [2.24, 2.45) is 0 Å². The van der Waals surface area contributed by atoms with Crippen molar-refractivity contribution in [3.05, 3.63) is 298 Å². The molecule has 0 radical (unpaired) electrons. The van der Waals surface area contributed by atoms with Gasteiger partial charge in [-0.05, 0) is 172 Å². The van der Waals surface area contributed by atoms with E-state index in [1.54, 1.807) is 0 Å². The van der Waals surface area contributed by atoms with Gasteiger partial charge < -0.3 is 9.80 Å². The minimum absolute atomic E-state index is 0.118. The highest BCUT2D eigenvalue weighted by molar-refractivity contribution is 6.02. The molecule has 12 aromatic carbocycles. The predicted octanol–water partition coefficient (Wildman–Crippen LogP) is 22.3. The van der Waals surface area contributed by atoms with Gasteiger partial charge in [-0.2, -0.15) is 0 Å². The van der Waals surface area contributed by atoms with E-state index in [2.05, 4.69) is 320 Å². The molecule has 0 unspecified atom stereocenters. The third kappa shape index (κ3) is 7.29. The zero-order chi connectivity index (χ0) is 57.0. The summed E-state index contributed by atoms with van der Waals surface area (Å²) in [6, 6.07) is 91.8. The Labute approximate surface area is 494 Å². The molecule has 2 heteroatoms. The third-order valence-corrected chi connectivity index (χ3v) is 20.0. The van der Waals surface area contributed by atoms with Gasteiger partial charge in [0.25, 0.3) is 0 Å². The van der Waals surface area contributed by atoms with Crippen LogP contribution in [0.15, 0.2) is 243 Å². The fourth-order valence-corrected chi connectivity index (χ4v) is 15.5. The first-order valence-electron chi connectivity index (χ1n) is 30.0. The SMILES string of the molecule is CC1(C)c2ccccc2-c2ccc(N(c3ccc4c(c3)C(C)(C)c3cc(/C=C/c5ccc6c(c5)C(C)(C)c5cc(N(c7ccc8c(c7)C(C)(C)c7ccccc7-8)c7cccc8ccccc78)ccc5-6)ccc3-4)c3cccc4ccccc34)cc21. The Kier molecular flexibility index (Phi) is 10.8. The molecular formula is C82H66N2. The van der Waals surface area contributed by atoms with E-state index in [1.807, 2.05) is 0 Å². The lowest BCUT2D eigenvalue weighted by atomic mass is 9.81. The van der Waals surface area contributed by atoms with Gasteiger partial charge >= 0.3 is 0 Å². The first kappa shape index (κ1) is 50.2. The largest absolute Gasteiger partial charge is 0.310 e. The Hall–Kier alpha value is -9.50. The average Bonchev–Trinajstić information content (AvgIpc) is 2.75. The topological polar surface area (TPSA) is 6.48 Å². The molecule has 0 heterocycles. The highest BCUT2D eigenvalue weighted by atomic mass is 15.2. The molecule has 0 aliphatic heterocycles. The van der Waals surface area contributed by atoms with Gasteiger partial charge in [-0.1, -0.05) is 250 Å². The van der Waals surface area contributed by atoms with E-state index in [0.717, 1.165) is 11.4 Å². The van der Waals surface area contributed by atoms with E-state index in [0.29, 0.717) is 0 Å². The van der Waals surface area contributed by atoms with Crippen LogP contribution >= 0.6 is 0 Å². The lowest BCUT2D eigenvalue weighted by Crippen LogP contribution is -2.18. The maximum atomic E-state index is 2.50. The van der Waals surface area contributed by atoms with E-state index < -0.39 is 0 Å². The molecule has 404 valence electrons. The molecule has 0 amide bonds. The van der Waals surface area contributed by atoms with Crippen LogP contribution in [0.2, 0.25) is 0 Å². The maximum Gasteiger partial charge on any atom is 0.0540 e. The Morgan fingerprint density at radius 3 is 0.881 bits per heavy atom. The summed E-state index contributed by atoms with van der Waals surface area (Å²) in [5.41, 5.74) is 30.2. The fraction of sp³-hybridized carbons (Fsp3) is 0.146. The van der Waals surface area contributed by atoms with Crippen LogP contribution in [0.1, 0.15) is 111 Å². The van der Waals surface area contributed by atoms with Gasteiger partial charge in [-0.15, -0.1) is 0 Å². The maximum absolute atomic E-state index is 2.50. The van der Waals surface area contributed by atoms with Gasteiger partial charge in [0, 0.05) is 55.2 Å². The highest BCUT2D eigenvalue weighted by Crippen LogP contribution is 2.57. The molecule has 0 aromatic heterocycles. The van der Waals surface area contributed by atoms with Crippen molar-refractivity contribution >= 4 is 67.8 Å². The molecule has 84 heavy (non-hydrogen) atoms. The van der Waals surface area contributed by atoms with Gasteiger partial charge in [-0.25, -0.2) is 0 Å². The minimum atomic E-state index is -0.231. The van der Waals surface area contributed by atoms with Crippen molar-refractivity contribution in [2.45, 2.75) is 77.0 Å². The standard InChI is InChI=1S/C82H66N2/c1-79(2)69-27-15-13-25-61(69)65-41-35-55(47-73(65)79)83(77-29-17-21-53-19-9-11-23-59(53)77)57-37-43-67-63-39-33-51(45-71(63)81(5,6)75(67)49-57)31-32-52-34-40-64-68-44-38-58(50-76(68)82(7,8)72(64)46-52)84(78-30-18-22-54-20-10-12-24-60(54)78)56-36-42-66-62-26-14-16-28-70(62)80(3,4)74(66)48-56/h9-50H,1-8H3/b32-31+. The van der Waals surface area contributed by atoms with Crippen molar-refractivity contribution in [1.82, 2.24) is 0 Å². The summed E-state index contributed by atoms with van der Waals surface area (Å²) in [5, 5.41) is 4.92. The van der Waals surface area contributed by atoms with Crippen LogP contribution in [0.25, 0.3) is 78.2 Å². The van der Waals surface area contributed by atoms with Crippen molar-refractivity contribution in [3.8, 4) is 44.5 Å². The Morgan fingerprint density at radius 1 is 0.238 bits per heavy atom. The van der Waals surface area contributed by atoms with E-state index in [9.17, 15) is 0 Å². The van der Waals surface area contributed by atoms with E-state index in [4.69, 9.17) is 0 Å². The van der Waals surface area contributed by atoms with E-state index >= 15 is 0 Å². The van der Waals surface area contributed by atoms with Crippen molar-refractivity contribution in [3.63, 3.8) is 0 Å². The zero-order valence-corrected chi connectivity index (χ0v) is 49.1. The smallest absolute Gasteiger partial charge is 0.0540 e. The van der Waals surface area contributed by atoms with Crippen molar-refractivity contribution < 1.29 is 0 Å². The monoisotopic (exact) mass is 1080 g/mol. The number of benzene rings is 12.